The van der Waals surface area contributed by atoms with Gasteiger partial charge in [0.15, 0.2) is 0 Å². The van der Waals surface area contributed by atoms with Crippen LogP contribution in [0.2, 0.25) is 0 Å². The van der Waals surface area contributed by atoms with Gasteiger partial charge in [-0.1, -0.05) is 5.10 Å². The smallest absolute Gasteiger partial charge is 0.322 e. The van der Waals surface area contributed by atoms with Crippen LogP contribution >= 0.6 is 0 Å². The Balaban J connectivity index is 1.73. The van der Waals surface area contributed by atoms with Gasteiger partial charge in [-0.25, -0.2) is 0 Å². The normalized spacial score (nSPS) is 14.9. The molecular weight excluding hydrogens is 222 g/mol. The molecule has 2 aromatic heterocycles. The predicted molar refractivity (Wildman–Crippen MR) is 57.6 cm³/mol. The summed E-state index contributed by atoms with van der Waals surface area (Å²) in [6.45, 7) is 1.77. The third-order valence-corrected chi connectivity index (χ3v) is 2.66. The first kappa shape index (κ1) is 10.0. The van der Waals surface area contributed by atoms with Crippen LogP contribution in [0, 0.1) is 6.92 Å². The SMILES string of the molecule is Cc1[nH]ncc1C(=O)Nc1nnc(C2CC2)o1. The number of aromatic nitrogens is 4. The van der Waals surface area contributed by atoms with Crippen LogP contribution in [0.5, 0.6) is 0 Å². The molecule has 0 aromatic carbocycles. The Labute approximate surface area is 96.6 Å². The second-order valence-corrected chi connectivity index (χ2v) is 4.08. The van der Waals surface area contributed by atoms with Gasteiger partial charge < -0.3 is 4.42 Å². The maximum Gasteiger partial charge on any atom is 0.322 e. The standard InChI is InChI=1S/C10H11N5O2/c1-5-7(4-11-13-5)8(16)12-10-15-14-9(17-10)6-2-3-6/h4,6H,2-3H2,1H3,(H,11,13)(H,12,15,16). The highest BCUT2D eigenvalue weighted by atomic mass is 16.4. The van der Waals surface area contributed by atoms with Gasteiger partial charge in [-0.15, -0.1) is 5.10 Å². The van der Waals surface area contributed by atoms with Gasteiger partial charge in [-0.3, -0.25) is 15.2 Å². The summed E-state index contributed by atoms with van der Waals surface area (Å²) in [5.41, 5.74) is 1.17. The molecule has 1 aliphatic carbocycles. The van der Waals surface area contributed by atoms with Crippen molar-refractivity contribution in [3.8, 4) is 0 Å². The number of anilines is 1. The number of rotatable bonds is 3. The van der Waals surface area contributed by atoms with E-state index in [1.165, 1.54) is 6.20 Å². The minimum Gasteiger partial charge on any atom is -0.408 e. The second-order valence-electron chi connectivity index (χ2n) is 4.08. The number of hydrogen-bond acceptors (Lipinski definition) is 5. The fraction of sp³-hybridized carbons (Fsp3) is 0.400. The van der Waals surface area contributed by atoms with E-state index in [4.69, 9.17) is 4.42 Å². The van der Waals surface area contributed by atoms with Gasteiger partial charge in [-0.05, 0) is 19.8 Å². The van der Waals surface area contributed by atoms with E-state index in [0.717, 1.165) is 12.8 Å². The molecule has 0 spiro atoms. The van der Waals surface area contributed by atoms with Crippen molar-refractivity contribution in [2.75, 3.05) is 5.32 Å². The monoisotopic (exact) mass is 233 g/mol. The van der Waals surface area contributed by atoms with Crippen molar-refractivity contribution < 1.29 is 9.21 Å². The summed E-state index contributed by atoms with van der Waals surface area (Å²) in [6, 6.07) is 0.137. The number of carbonyl (C=O) groups excluding carboxylic acids is 1. The Morgan fingerprint density at radius 2 is 2.35 bits per heavy atom. The van der Waals surface area contributed by atoms with Crippen LogP contribution in [0.15, 0.2) is 10.6 Å². The average molecular weight is 233 g/mol. The molecule has 0 aliphatic heterocycles. The van der Waals surface area contributed by atoms with E-state index in [-0.39, 0.29) is 11.9 Å². The van der Waals surface area contributed by atoms with E-state index in [1.54, 1.807) is 6.92 Å². The highest BCUT2D eigenvalue weighted by Gasteiger charge is 2.29. The molecule has 7 heteroatoms. The molecule has 0 radical (unpaired) electrons. The first-order valence-corrected chi connectivity index (χ1v) is 5.39. The van der Waals surface area contributed by atoms with Crippen molar-refractivity contribution in [3.63, 3.8) is 0 Å². The van der Waals surface area contributed by atoms with E-state index in [9.17, 15) is 4.79 Å². The van der Waals surface area contributed by atoms with Crippen molar-refractivity contribution in [1.29, 1.82) is 0 Å². The minimum absolute atomic E-state index is 0.137. The quantitative estimate of drug-likeness (QED) is 0.831. The number of H-pyrrole nitrogens is 1. The van der Waals surface area contributed by atoms with Crippen molar-refractivity contribution in [3.05, 3.63) is 23.3 Å². The van der Waals surface area contributed by atoms with Crippen LogP contribution in [0.3, 0.4) is 0 Å². The summed E-state index contributed by atoms with van der Waals surface area (Å²) < 4.78 is 5.33. The Hall–Kier alpha value is -2.18. The third-order valence-electron chi connectivity index (χ3n) is 2.66. The number of aryl methyl sites for hydroxylation is 1. The molecule has 0 saturated heterocycles. The highest BCUT2D eigenvalue weighted by molar-refractivity contribution is 6.03. The van der Waals surface area contributed by atoms with Crippen LogP contribution in [-0.4, -0.2) is 26.3 Å². The zero-order valence-corrected chi connectivity index (χ0v) is 9.23. The molecule has 1 saturated carbocycles. The molecule has 3 rings (SSSR count). The third kappa shape index (κ3) is 1.91. The first-order chi connectivity index (χ1) is 8.24. The van der Waals surface area contributed by atoms with E-state index in [2.05, 4.69) is 25.7 Å². The van der Waals surface area contributed by atoms with Crippen LogP contribution in [-0.2, 0) is 0 Å². The maximum atomic E-state index is 11.8. The van der Waals surface area contributed by atoms with Gasteiger partial charge in [-0.2, -0.15) is 5.10 Å². The number of hydrogen-bond donors (Lipinski definition) is 2. The second kappa shape index (κ2) is 3.69. The molecule has 1 fully saturated rings. The van der Waals surface area contributed by atoms with E-state index in [1.807, 2.05) is 0 Å². The zero-order valence-electron chi connectivity index (χ0n) is 9.23. The van der Waals surface area contributed by atoms with Crippen molar-refractivity contribution in [1.82, 2.24) is 20.4 Å². The molecule has 0 bridgehead atoms. The van der Waals surface area contributed by atoms with Crippen molar-refractivity contribution in [2.45, 2.75) is 25.7 Å². The summed E-state index contributed by atoms with van der Waals surface area (Å²) in [5, 5.41) is 16.7. The lowest BCUT2D eigenvalue weighted by atomic mass is 10.2. The zero-order chi connectivity index (χ0) is 11.8. The first-order valence-electron chi connectivity index (χ1n) is 5.39. The van der Waals surface area contributed by atoms with Gasteiger partial charge >= 0.3 is 6.01 Å². The molecular formula is C10H11N5O2. The summed E-state index contributed by atoms with van der Waals surface area (Å²) in [7, 11) is 0. The van der Waals surface area contributed by atoms with Gasteiger partial charge in [0, 0.05) is 11.6 Å². The van der Waals surface area contributed by atoms with E-state index >= 15 is 0 Å². The fourth-order valence-corrected chi connectivity index (χ4v) is 1.52. The minimum atomic E-state index is -0.303. The van der Waals surface area contributed by atoms with Crippen LogP contribution < -0.4 is 5.32 Å². The summed E-state index contributed by atoms with van der Waals surface area (Å²) in [5.74, 6) is 0.676. The lowest BCUT2D eigenvalue weighted by molar-refractivity contribution is 0.102. The van der Waals surface area contributed by atoms with Crippen molar-refractivity contribution in [2.24, 2.45) is 0 Å². The molecule has 2 N–H and O–H groups in total. The predicted octanol–water partition coefficient (Wildman–Crippen LogP) is 1.23. The molecule has 1 aliphatic rings. The Bertz CT molecular complexity index is 555. The molecule has 2 heterocycles. The topological polar surface area (TPSA) is 96.7 Å². The summed E-state index contributed by atoms with van der Waals surface area (Å²) in [4.78, 5) is 11.8. The molecule has 2 aromatic rings. The number of nitrogens with one attached hydrogen (secondary N) is 2. The Morgan fingerprint density at radius 3 is 3.00 bits per heavy atom. The summed E-state index contributed by atoms with van der Waals surface area (Å²) in [6.07, 6.45) is 3.62. The number of nitrogens with zero attached hydrogens (tertiary/aromatic N) is 3. The van der Waals surface area contributed by atoms with E-state index in [0.29, 0.717) is 23.1 Å². The summed E-state index contributed by atoms with van der Waals surface area (Å²) >= 11 is 0. The van der Waals surface area contributed by atoms with Crippen molar-refractivity contribution >= 4 is 11.9 Å². The van der Waals surface area contributed by atoms with Gasteiger partial charge in [0.25, 0.3) is 5.91 Å². The Kier molecular flexibility index (Phi) is 2.17. The highest BCUT2D eigenvalue weighted by Crippen LogP contribution is 2.39. The largest absolute Gasteiger partial charge is 0.408 e. The molecule has 0 atom stereocenters. The maximum absolute atomic E-state index is 11.8. The molecule has 0 unspecified atom stereocenters. The van der Waals surface area contributed by atoms with E-state index < -0.39 is 0 Å². The van der Waals surface area contributed by atoms with Gasteiger partial charge in [0.1, 0.15) is 0 Å². The van der Waals surface area contributed by atoms with Crippen LogP contribution in [0.1, 0.15) is 40.7 Å². The molecule has 7 nitrogen and oxygen atoms in total. The molecule has 88 valence electrons. The van der Waals surface area contributed by atoms with Crippen LogP contribution in [0.4, 0.5) is 6.01 Å². The number of carbonyl (C=O) groups is 1. The fourth-order valence-electron chi connectivity index (χ4n) is 1.52. The van der Waals surface area contributed by atoms with Crippen LogP contribution in [0.25, 0.3) is 0 Å². The lowest BCUT2D eigenvalue weighted by Gasteiger charge is -1.97. The molecule has 1 amide bonds. The van der Waals surface area contributed by atoms with Gasteiger partial charge in [0.2, 0.25) is 5.89 Å². The average Bonchev–Trinajstić information content (AvgIpc) is 2.90. The van der Waals surface area contributed by atoms with Gasteiger partial charge in [0.05, 0.1) is 11.8 Å². The number of aromatic amines is 1. The number of amides is 1. The lowest BCUT2D eigenvalue weighted by Crippen LogP contribution is -2.12. The molecule has 17 heavy (non-hydrogen) atoms. The Morgan fingerprint density at radius 1 is 1.53 bits per heavy atom.